The third-order valence-corrected chi connectivity index (χ3v) is 4.64. The molecule has 17 heavy (non-hydrogen) atoms. The van der Waals surface area contributed by atoms with Crippen LogP contribution in [0.15, 0.2) is 29.2 Å². The zero-order valence-electron chi connectivity index (χ0n) is 11.4. The van der Waals surface area contributed by atoms with Gasteiger partial charge in [-0.3, -0.25) is 4.21 Å². The summed E-state index contributed by atoms with van der Waals surface area (Å²) < 4.78 is 12.4. The van der Waals surface area contributed by atoms with E-state index >= 15 is 0 Å². The predicted molar refractivity (Wildman–Crippen MR) is 74.8 cm³/mol. The molecule has 0 aromatic heterocycles. The Balaban J connectivity index is 2.83. The zero-order chi connectivity index (χ0) is 13.1. The van der Waals surface area contributed by atoms with Crippen LogP contribution in [-0.4, -0.2) is 23.1 Å². The number of hydrogen-bond acceptors (Lipinski definition) is 2. The van der Waals surface area contributed by atoms with Crippen LogP contribution >= 0.6 is 0 Å². The Morgan fingerprint density at radius 3 is 2.35 bits per heavy atom. The van der Waals surface area contributed by atoms with Crippen LogP contribution in [0.5, 0.6) is 0 Å². The summed E-state index contributed by atoms with van der Waals surface area (Å²) in [7, 11) is 1.00. The highest BCUT2D eigenvalue weighted by molar-refractivity contribution is 7.85. The summed E-state index contributed by atoms with van der Waals surface area (Å²) in [4.78, 5) is 0.956. The van der Waals surface area contributed by atoms with E-state index < -0.39 is 10.8 Å². The Morgan fingerprint density at radius 1 is 1.29 bits per heavy atom. The first-order chi connectivity index (χ1) is 7.86. The van der Waals surface area contributed by atoms with E-state index in [4.69, 9.17) is 0 Å². The quantitative estimate of drug-likeness (QED) is 0.894. The van der Waals surface area contributed by atoms with Crippen molar-refractivity contribution < 1.29 is 4.21 Å². The lowest BCUT2D eigenvalue weighted by molar-refractivity contribution is 0.304. The topological polar surface area (TPSA) is 29.1 Å². The molecular formula is C14H23NOS. The zero-order valence-corrected chi connectivity index (χ0v) is 12.2. The van der Waals surface area contributed by atoms with Crippen molar-refractivity contribution in [3.8, 4) is 0 Å². The Hall–Kier alpha value is -0.670. The van der Waals surface area contributed by atoms with Gasteiger partial charge in [0.05, 0.1) is 10.8 Å². The molecule has 0 aliphatic heterocycles. The van der Waals surface area contributed by atoms with Crippen LogP contribution in [0.2, 0.25) is 0 Å². The van der Waals surface area contributed by atoms with Crippen LogP contribution in [0, 0.1) is 12.3 Å². The van der Waals surface area contributed by atoms with Crippen molar-refractivity contribution >= 4 is 10.8 Å². The molecule has 0 amide bonds. The molecule has 2 atom stereocenters. The Bertz CT molecular complexity index is 395. The Morgan fingerprint density at radius 2 is 1.88 bits per heavy atom. The van der Waals surface area contributed by atoms with E-state index in [2.05, 4.69) is 26.1 Å². The van der Waals surface area contributed by atoms with Gasteiger partial charge in [-0.25, -0.2) is 0 Å². The number of rotatable bonds is 4. The second-order valence-corrected chi connectivity index (χ2v) is 6.95. The van der Waals surface area contributed by atoms with E-state index in [0.29, 0.717) is 5.75 Å². The summed E-state index contributed by atoms with van der Waals surface area (Å²) in [5.41, 5.74) is 1.22. The number of aryl methyl sites for hydroxylation is 1. The number of nitrogens with one attached hydrogen (secondary N) is 1. The van der Waals surface area contributed by atoms with Crippen molar-refractivity contribution in [2.24, 2.45) is 5.41 Å². The van der Waals surface area contributed by atoms with Crippen molar-refractivity contribution in [3.63, 3.8) is 0 Å². The maximum absolute atomic E-state index is 12.4. The molecule has 0 bridgehead atoms. The van der Waals surface area contributed by atoms with E-state index in [1.54, 1.807) is 0 Å². The second kappa shape index (κ2) is 5.78. The van der Waals surface area contributed by atoms with Crippen LogP contribution in [0.1, 0.15) is 26.3 Å². The average Bonchev–Trinajstić information content (AvgIpc) is 2.24. The van der Waals surface area contributed by atoms with E-state index in [0.717, 1.165) is 10.5 Å². The molecule has 96 valence electrons. The summed E-state index contributed by atoms with van der Waals surface area (Å²) in [5, 5.41) is 3.27. The molecule has 1 aromatic rings. The first-order valence-electron chi connectivity index (χ1n) is 5.97. The molecule has 2 nitrogen and oxygen atoms in total. The molecule has 1 rings (SSSR count). The summed E-state index contributed by atoms with van der Waals surface area (Å²) in [6.45, 7) is 8.52. The highest BCUT2D eigenvalue weighted by Gasteiger charge is 2.25. The lowest BCUT2D eigenvalue weighted by atomic mass is 9.88. The van der Waals surface area contributed by atoms with Gasteiger partial charge in [0.1, 0.15) is 0 Å². The summed E-state index contributed by atoms with van der Waals surface area (Å²) in [5.74, 6) is 0.658. The molecular weight excluding hydrogens is 230 g/mol. The Kier molecular flexibility index (Phi) is 4.90. The summed E-state index contributed by atoms with van der Waals surface area (Å²) in [6.07, 6.45) is 0. The standard InChI is InChI=1S/C14H23NOS/c1-11-8-6-7-9-12(11)17(16)10-13(15-5)14(2,3)4/h6-9,13,15H,10H2,1-5H3. The largest absolute Gasteiger partial charge is 0.316 e. The molecule has 0 aliphatic rings. The third-order valence-electron chi connectivity index (χ3n) is 3.05. The van der Waals surface area contributed by atoms with Gasteiger partial charge in [-0.15, -0.1) is 0 Å². The SMILES string of the molecule is CNC(CS(=O)c1ccccc1C)C(C)(C)C. The average molecular weight is 253 g/mol. The highest BCUT2D eigenvalue weighted by Crippen LogP contribution is 2.22. The molecule has 0 fully saturated rings. The normalized spacial score (nSPS) is 15.6. The van der Waals surface area contributed by atoms with Crippen LogP contribution in [-0.2, 0) is 10.8 Å². The lowest BCUT2D eigenvalue weighted by Crippen LogP contribution is -2.42. The smallest absolute Gasteiger partial charge is 0.0548 e. The van der Waals surface area contributed by atoms with E-state index in [1.807, 2.05) is 38.2 Å². The van der Waals surface area contributed by atoms with E-state index in [1.165, 1.54) is 0 Å². The van der Waals surface area contributed by atoms with Crippen molar-refractivity contribution in [2.45, 2.75) is 38.6 Å². The van der Waals surface area contributed by atoms with Gasteiger partial charge in [-0.05, 0) is 31.0 Å². The fourth-order valence-electron chi connectivity index (χ4n) is 1.82. The minimum Gasteiger partial charge on any atom is -0.316 e. The van der Waals surface area contributed by atoms with Gasteiger partial charge in [-0.2, -0.15) is 0 Å². The molecule has 0 spiro atoms. The number of benzene rings is 1. The molecule has 0 saturated carbocycles. The maximum Gasteiger partial charge on any atom is 0.0548 e. The highest BCUT2D eigenvalue weighted by atomic mass is 32.2. The molecule has 1 aromatic carbocycles. The van der Waals surface area contributed by atoms with E-state index in [-0.39, 0.29) is 11.5 Å². The molecule has 3 heteroatoms. The fourth-order valence-corrected chi connectivity index (χ4v) is 3.63. The minimum atomic E-state index is -0.934. The number of hydrogen-bond donors (Lipinski definition) is 1. The lowest BCUT2D eigenvalue weighted by Gasteiger charge is -2.30. The third kappa shape index (κ3) is 3.93. The van der Waals surface area contributed by atoms with Crippen LogP contribution in [0.3, 0.4) is 0 Å². The first kappa shape index (κ1) is 14.4. The molecule has 1 N–H and O–H groups in total. The maximum atomic E-state index is 12.4. The van der Waals surface area contributed by atoms with Crippen LogP contribution in [0.4, 0.5) is 0 Å². The van der Waals surface area contributed by atoms with Crippen molar-refractivity contribution in [2.75, 3.05) is 12.8 Å². The summed E-state index contributed by atoms with van der Waals surface area (Å²) >= 11 is 0. The predicted octanol–water partition coefficient (Wildman–Crippen LogP) is 2.74. The molecule has 0 aliphatic carbocycles. The van der Waals surface area contributed by atoms with Crippen molar-refractivity contribution in [1.82, 2.24) is 5.32 Å². The fraction of sp³-hybridized carbons (Fsp3) is 0.571. The monoisotopic (exact) mass is 253 g/mol. The summed E-state index contributed by atoms with van der Waals surface area (Å²) in [6, 6.07) is 8.16. The molecule has 2 unspecified atom stereocenters. The molecule has 0 saturated heterocycles. The Labute approximate surface area is 107 Å². The molecule has 0 heterocycles. The van der Waals surface area contributed by atoms with E-state index in [9.17, 15) is 4.21 Å². The van der Waals surface area contributed by atoms with Crippen molar-refractivity contribution in [1.29, 1.82) is 0 Å². The second-order valence-electron chi connectivity index (χ2n) is 5.48. The first-order valence-corrected chi connectivity index (χ1v) is 7.29. The molecule has 0 radical (unpaired) electrons. The van der Waals surface area contributed by atoms with Gasteiger partial charge in [0, 0.05) is 16.7 Å². The van der Waals surface area contributed by atoms with Gasteiger partial charge in [-0.1, -0.05) is 39.0 Å². The van der Waals surface area contributed by atoms with Crippen LogP contribution in [0.25, 0.3) is 0 Å². The minimum absolute atomic E-state index is 0.118. The van der Waals surface area contributed by atoms with Crippen molar-refractivity contribution in [3.05, 3.63) is 29.8 Å². The van der Waals surface area contributed by atoms with Gasteiger partial charge >= 0.3 is 0 Å². The van der Waals surface area contributed by atoms with Gasteiger partial charge in [0.2, 0.25) is 0 Å². The van der Waals surface area contributed by atoms with Gasteiger partial charge in [0.25, 0.3) is 0 Å². The van der Waals surface area contributed by atoms with Gasteiger partial charge < -0.3 is 5.32 Å². The van der Waals surface area contributed by atoms with Crippen LogP contribution < -0.4 is 5.32 Å². The van der Waals surface area contributed by atoms with Gasteiger partial charge in [0.15, 0.2) is 0 Å².